The van der Waals surface area contributed by atoms with E-state index in [-0.39, 0.29) is 5.56 Å². The number of amides is 1. The number of carbonyl (C=O) groups excluding carboxylic acids is 1. The van der Waals surface area contributed by atoms with Crippen LogP contribution in [0.25, 0.3) is 0 Å². The highest BCUT2D eigenvalue weighted by Gasteiger charge is 2.29. The van der Waals surface area contributed by atoms with E-state index in [2.05, 4.69) is 10.3 Å². The summed E-state index contributed by atoms with van der Waals surface area (Å²) in [5.74, 6) is -1.36. The molecule has 0 atom stereocenters. The minimum Gasteiger partial charge on any atom is -0.320 e. The first-order valence-electron chi connectivity index (χ1n) is 9.26. The Morgan fingerprint density at radius 2 is 1.79 bits per heavy atom. The lowest BCUT2D eigenvalue weighted by Crippen LogP contribution is -2.36. The number of pyridine rings is 1. The molecule has 0 aliphatic carbocycles. The van der Waals surface area contributed by atoms with Crippen molar-refractivity contribution in [2.45, 2.75) is 44.9 Å². The van der Waals surface area contributed by atoms with Gasteiger partial charge in [0.1, 0.15) is 10.7 Å². The quantitative estimate of drug-likeness (QED) is 0.843. The third-order valence-electron chi connectivity index (χ3n) is 4.89. The van der Waals surface area contributed by atoms with E-state index in [4.69, 9.17) is 0 Å². The van der Waals surface area contributed by atoms with Crippen molar-refractivity contribution in [1.82, 2.24) is 9.29 Å². The van der Waals surface area contributed by atoms with E-state index in [0.717, 1.165) is 42.7 Å². The maximum Gasteiger partial charge on any atom is 0.255 e. The third-order valence-corrected chi connectivity index (χ3v) is 6.80. The SMILES string of the molecule is Cc1cc(C)c(NC(=O)c2ccc(F)c(S(=O)(=O)N3CCCCC3)c2)c(C)n1. The lowest BCUT2D eigenvalue weighted by molar-refractivity contribution is 0.102. The van der Waals surface area contributed by atoms with Gasteiger partial charge in [-0.25, -0.2) is 12.8 Å². The highest BCUT2D eigenvalue weighted by atomic mass is 32.2. The zero-order valence-corrected chi connectivity index (χ0v) is 17.1. The second-order valence-corrected chi connectivity index (χ2v) is 9.01. The van der Waals surface area contributed by atoms with Gasteiger partial charge in [-0.15, -0.1) is 0 Å². The maximum absolute atomic E-state index is 14.3. The Morgan fingerprint density at radius 1 is 1.11 bits per heavy atom. The number of aromatic nitrogens is 1. The molecular weight excluding hydrogens is 381 g/mol. The normalized spacial score (nSPS) is 15.4. The van der Waals surface area contributed by atoms with Gasteiger partial charge in [0.05, 0.1) is 11.4 Å². The molecule has 0 spiro atoms. The van der Waals surface area contributed by atoms with Crippen LogP contribution in [0, 0.1) is 26.6 Å². The van der Waals surface area contributed by atoms with Crippen LogP contribution in [-0.4, -0.2) is 36.7 Å². The van der Waals surface area contributed by atoms with Gasteiger partial charge in [-0.05, 0) is 63.4 Å². The molecule has 1 fully saturated rings. The minimum atomic E-state index is -3.98. The van der Waals surface area contributed by atoms with E-state index < -0.39 is 26.6 Å². The van der Waals surface area contributed by atoms with Crippen molar-refractivity contribution >= 4 is 21.6 Å². The number of aryl methyl sites for hydroxylation is 3. The van der Waals surface area contributed by atoms with E-state index in [9.17, 15) is 17.6 Å². The van der Waals surface area contributed by atoms with Crippen LogP contribution in [0.15, 0.2) is 29.2 Å². The fourth-order valence-corrected chi connectivity index (χ4v) is 5.09. The van der Waals surface area contributed by atoms with Crippen LogP contribution in [0.3, 0.4) is 0 Å². The Balaban J connectivity index is 1.92. The van der Waals surface area contributed by atoms with Crippen molar-refractivity contribution in [2.24, 2.45) is 0 Å². The minimum absolute atomic E-state index is 0.0800. The summed E-state index contributed by atoms with van der Waals surface area (Å²) < 4.78 is 41.3. The Kier molecular flexibility index (Phi) is 5.81. The zero-order valence-electron chi connectivity index (χ0n) is 16.3. The van der Waals surface area contributed by atoms with Crippen molar-refractivity contribution in [3.05, 3.63) is 52.6 Å². The molecule has 8 heteroatoms. The Morgan fingerprint density at radius 3 is 2.43 bits per heavy atom. The maximum atomic E-state index is 14.3. The van der Waals surface area contributed by atoms with Crippen LogP contribution in [0.5, 0.6) is 0 Å². The van der Waals surface area contributed by atoms with Gasteiger partial charge in [0.15, 0.2) is 0 Å². The van der Waals surface area contributed by atoms with Crippen LogP contribution in [-0.2, 0) is 10.0 Å². The Hall–Kier alpha value is -2.32. The van der Waals surface area contributed by atoms with E-state index in [0.29, 0.717) is 24.5 Å². The smallest absolute Gasteiger partial charge is 0.255 e. The molecule has 150 valence electrons. The van der Waals surface area contributed by atoms with E-state index >= 15 is 0 Å². The standard InChI is InChI=1S/C20H24FN3O3S/c1-13-11-14(2)22-15(3)19(13)23-20(25)16-7-8-17(21)18(12-16)28(26,27)24-9-5-4-6-10-24/h7-8,11-12H,4-6,9-10H2,1-3H3,(H,23,25). The van der Waals surface area contributed by atoms with Gasteiger partial charge in [0.2, 0.25) is 10.0 Å². The molecule has 1 aromatic carbocycles. The molecule has 2 heterocycles. The molecule has 1 saturated heterocycles. The molecule has 3 rings (SSSR count). The van der Waals surface area contributed by atoms with Crippen LogP contribution in [0.2, 0.25) is 0 Å². The third kappa shape index (κ3) is 4.07. The molecule has 1 aliphatic rings. The first kappa shape index (κ1) is 20.4. The summed E-state index contributed by atoms with van der Waals surface area (Å²) in [6.07, 6.45) is 2.46. The van der Waals surface area contributed by atoms with Crippen molar-refractivity contribution in [1.29, 1.82) is 0 Å². The molecule has 28 heavy (non-hydrogen) atoms. The summed E-state index contributed by atoms with van der Waals surface area (Å²) in [5.41, 5.74) is 3.00. The van der Waals surface area contributed by atoms with E-state index in [1.54, 1.807) is 6.92 Å². The fourth-order valence-electron chi connectivity index (χ4n) is 3.48. The molecule has 6 nitrogen and oxygen atoms in total. The van der Waals surface area contributed by atoms with Gasteiger partial charge < -0.3 is 5.32 Å². The molecule has 0 bridgehead atoms. The largest absolute Gasteiger partial charge is 0.320 e. The topological polar surface area (TPSA) is 79.4 Å². The predicted octanol–water partition coefficient (Wildman–Crippen LogP) is 3.57. The number of benzene rings is 1. The molecule has 0 radical (unpaired) electrons. The number of rotatable bonds is 4. The summed E-state index contributed by atoms with van der Waals surface area (Å²) in [7, 11) is -3.98. The van der Waals surface area contributed by atoms with Gasteiger partial charge in [-0.2, -0.15) is 4.31 Å². The van der Waals surface area contributed by atoms with Gasteiger partial charge in [0, 0.05) is 24.3 Å². The second kappa shape index (κ2) is 7.97. The summed E-state index contributed by atoms with van der Waals surface area (Å²) in [6.45, 7) is 6.24. The second-order valence-electron chi connectivity index (χ2n) is 7.11. The molecule has 2 aromatic rings. The zero-order chi connectivity index (χ0) is 20.5. The number of halogens is 1. The first-order valence-corrected chi connectivity index (χ1v) is 10.7. The summed E-state index contributed by atoms with van der Waals surface area (Å²) in [6, 6.07) is 5.27. The number of hydrogen-bond donors (Lipinski definition) is 1. The lowest BCUT2D eigenvalue weighted by atomic mass is 10.1. The van der Waals surface area contributed by atoms with Gasteiger partial charge in [-0.1, -0.05) is 6.42 Å². The van der Waals surface area contributed by atoms with Crippen molar-refractivity contribution in [3.63, 3.8) is 0 Å². The molecular formula is C20H24FN3O3S. The summed E-state index contributed by atoms with van der Waals surface area (Å²) in [4.78, 5) is 16.6. The highest BCUT2D eigenvalue weighted by Crippen LogP contribution is 2.25. The molecule has 1 aromatic heterocycles. The molecule has 1 aliphatic heterocycles. The Labute approximate surface area is 164 Å². The van der Waals surface area contributed by atoms with Gasteiger partial charge >= 0.3 is 0 Å². The number of hydrogen-bond acceptors (Lipinski definition) is 4. The lowest BCUT2D eigenvalue weighted by Gasteiger charge is -2.26. The van der Waals surface area contributed by atoms with Crippen molar-refractivity contribution < 1.29 is 17.6 Å². The average Bonchev–Trinajstić information content (AvgIpc) is 2.65. The number of anilines is 1. The van der Waals surface area contributed by atoms with Crippen LogP contribution in [0.1, 0.15) is 46.6 Å². The number of nitrogens with zero attached hydrogens (tertiary/aromatic N) is 2. The predicted molar refractivity (Wildman–Crippen MR) is 105 cm³/mol. The monoisotopic (exact) mass is 405 g/mol. The van der Waals surface area contributed by atoms with Gasteiger partial charge in [0.25, 0.3) is 5.91 Å². The molecule has 1 amide bonds. The highest BCUT2D eigenvalue weighted by molar-refractivity contribution is 7.89. The summed E-state index contributed by atoms with van der Waals surface area (Å²) in [5, 5.41) is 2.77. The molecule has 0 unspecified atom stereocenters. The first-order chi connectivity index (χ1) is 13.2. The van der Waals surface area contributed by atoms with E-state index in [1.165, 1.54) is 10.4 Å². The van der Waals surface area contributed by atoms with E-state index in [1.807, 2.05) is 19.9 Å². The fraction of sp³-hybridized carbons (Fsp3) is 0.400. The van der Waals surface area contributed by atoms with Crippen LogP contribution in [0.4, 0.5) is 10.1 Å². The van der Waals surface area contributed by atoms with Crippen LogP contribution >= 0.6 is 0 Å². The summed E-state index contributed by atoms with van der Waals surface area (Å²) >= 11 is 0. The van der Waals surface area contributed by atoms with Gasteiger partial charge in [-0.3, -0.25) is 9.78 Å². The Bertz CT molecular complexity index is 992. The number of sulfonamides is 1. The van der Waals surface area contributed by atoms with Crippen molar-refractivity contribution in [2.75, 3.05) is 18.4 Å². The van der Waals surface area contributed by atoms with Crippen molar-refractivity contribution in [3.8, 4) is 0 Å². The number of piperidine rings is 1. The number of carbonyl (C=O) groups is 1. The average molecular weight is 405 g/mol. The number of nitrogens with one attached hydrogen (secondary N) is 1. The molecule has 0 saturated carbocycles. The molecule has 1 N–H and O–H groups in total. The van der Waals surface area contributed by atoms with Crippen LogP contribution < -0.4 is 5.32 Å².